The molecule has 0 aliphatic carbocycles. The number of ether oxygens (including phenoxy) is 1. The van der Waals surface area contributed by atoms with Gasteiger partial charge < -0.3 is 14.7 Å². The Balaban J connectivity index is 1.79. The number of carbonyl (C=O) groups is 1. The minimum Gasteiger partial charge on any atom is -0.396 e. The lowest BCUT2D eigenvalue weighted by Crippen LogP contribution is -2.55. The number of aromatic nitrogens is 2. The Hall–Kier alpha value is -1.97. The van der Waals surface area contributed by atoms with Crippen molar-refractivity contribution in [3.05, 3.63) is 32.6 Å². The molecule has 9 heteroatoms. The van der Waals surface area contributed by atoms with Crippen LogP contribution in [0.5, 0.6) is 0 Å². The normalized spacial score (nSPS) is 23.8. The van der Waals surface area contributed by atoms with Gasteiger partial charge in [0.25, 0.3) is 11.5 Å². The smallest absolute Gasteiger partial charge is 0.331 e. The van der Waals surface area contributed by atoms with Gasteiger partial charge in [-0.3, -0.25) is 23.6 Å². The van der Waals surface area contributed by atoms with E-state index in [2.05, 4.69) is 4.90 Å². The zero-order valence-corrected chi connectivity index (χ0v) is 16.7. The van der Waals surface area contributed by atoms with E-state index in [1.807, 2.05) is 0 Å². The minimum absolute atomic E-state index is 0.124. The number of amides is 1. The highest BCUT2D eigenvalue weighted by Gasteiger charge is 2.36. The van der Waals surface area contributed by atoms with Crippen molar-refractivity contribution in [1.29, 1.82) is 0 Å². The molecule has 2 aliphatic heterocycles. The lowest BCUT2D eigenvalue weighted by molar-refractivity contribution is -0.0198. The van der Waals surface area contributed by atoms with E-state index in [0.717, 1.165) is 43.7 Å². The first-order valence-electron chi connectivity index (χ1n) is 9.93. The van der Waals surface area contributed by atoms with Gasteiger partial charge in [-0.1, -0.05) is 0 Å². The largest absolute Gasteiger partial charge is 0.396 e. The third-order valence-corrected chi connectivity index (χ3v) is 5.97. The summed E-state index contributed by atoms with van der Waals surface area (Å²) in [6.45, 7) is 4.49. The first-order valence-corrected chi connectivity index (χ1v) is 9.93. The summed E-state index contributed by atoms with van der Waals surface area (Å²) in [5, 5.41) is 9.28. The van der Waals surface area contributed by atoms with Crippen molar-refractivity contribution < 1.29 is 14.6 Å². The van der Waals surface area contributed by atoms with E-state index in [9.17, 15) is 19.5 Å². The van der Waals surface area contributed by atoms with E-state index in [0.29, 0.717) is 25.6 Å². The van der Waals surface area contributed by atoms with E-state index >= 15 is 0 Å². The molecule has 2 saturated heterocycles. The maximum atomic E-state index is 13.1. The van der Waals surface area contributed by atoms with Crippen LogP contribution in [0.25, 0.3) is 0 Å². The molecule has 2 fully saturated rings. The van der Waals surface area contributed by atoms with Gasteiger partial charge in [0.2, 0.25) is 0 Å². The summed E-state index contributed by atoms with van der Waals surface area (Å²) in [7, 11) is 2.91. The maximum absolute atomic E-state index is 13.1. The number of morpholine rings is 1. The average molecular weight is 394 g/mol. The summed E-state index contributed by atoms with van der Waals surface area (Å²) < 4.78 is 7.69. The molecule has 28 heavy (non-hydrogen) atoms. The topological polar surface area (TPSA) is 97.0 Å². The molecule has 1 N–H and O–H groups in total. The lowest BCUT2D eigenvalue weighted by Gasteiger charge is -2.45. The standard InChI is InChI=1S/C19H30N4O5/c1-20-16(12-17(25)21(2)19(20)27)18(26)23-6-5-15(14(13-23)4-3-9-24)22-7-10-28-11-8-22/h12,14-15,24H,3-11,13H2,1-2H3/t14-,15+/m1/s1. The molecule has 1 aromatic heterocycles. The van der Waals surface area contributed by atoms with Gasteiger partial charge in [0, 0.05) is 59.0 Å². The van der Waals surface area contributed by atoms with Crippen LogP contribution < -0.4 is 11.2 Å². The quantitative estimate of drug-likeness (QED) is 0.690. The summed E-state index contributed by atoms with van der Waals surface area (Å²) in [5.74, 6) is -0.0433. The fourth-order valence-corrected chi connectivity index (χ4v) is 4.33. The Labute approximate surface area is 164 Å². The SMILES string of the molecule is Cn1c(C(=O)N2CC[C@H](N3CCOCC3)[C@H](CCCO)C2)cc(=O)n(C)c1=O. The second kappa shape index (κ2) is 9.02. The van der Waals surface area contributed by atoms with Gasteiger partial charge in [0.1, 0.15) is 5.69 Å². The molecule has 0 radical (unpaired) electrons. The number of carbonyl (C=O) groups excluding carboxylic acids is 1. The molecule has 0 saturated carbocycles. The summed E-state index contributed by atoms with van der Waals surface area (Å²) in [5.41, 5.74) is -0.860. The molecular weight excluding hydrogens is 364 g/mol. The predicted molar refractivity (Wildman–Crippen MR) is 103 cm³/mol. The Bertz CT molecular complexity index is 812. The molecule has 0 spiro atoms. The molecule has 1 amide bonds. The second-order valence-electron chi connectivity index (χ2n) is 7.65. The maximum Gasteiger partial charge on any atom is 0.331 e. The highest BCUT2D eigenvalue weighted by Crippen LogP contribution is 2.27. The number of nitrogens with zero attached hydrogens (tertiary/aromatic N) is 4. The fraction of sp³-hybridized carbons (Fsp3) is 0.737. The number of aliphatic hydroxyl groups is 1. The highest BCUT2D eigenvalue weighted by molar-refractivity contribution is 5.92. The molecule has 3 heterocycles. The Morgan fingerprint density at radius 2 is 1.89 bits per heavy atom. The number of hydrogen-bond donors (Lipinski definition) is 1. The fourth-order valence-electron chi connectivity index (χ4n) is 4.33. The van der Waals surface area contributed by atoms with Gasteiger partial charge in [-0.25, -0.2) is 4.79 Å². The van der Waals surface area contributed by atoms with Crippen LogP contribution in [0.2, 0.25) is 0 Å². The first kappa shape index (κ1) is 20.8. The molecule has 1 aromatic rings. The molecule has 9 nitrogen and oxygen atoms in total. The molecule has 0 unspecified atom stereocenters. The van der Waals surface area contributed by atoms with Crippen LogP contribution in [0.4, 0.5) is 0 Å². The summed E-state index contributed by atoms with van der Waals surface area (Å²) >= 11 is 0. The minimum atomic E-state index is -0.504. The Morgan fingerprint density at radius 3 is 2.57 bits per heavy atom. The first-order chi connectivity index (χ1) is 13.4. The molecule has 0 aromatic carbocycles. The van der Waals surface area contributed by atoms with E-state index in [1.54, 1.807) is 4.90 Å². The van der Waals surface area contributed by atoms with Crippen LogP contribution in [-0.2, 0) is 18.8 Å². The summed E-state index contributed by atoms with van der Waals surface area (Å²) in [4.78, 5) is 41.4. The lowest BCUT2D eigenvalue weighted by atomic mass is 9.86. The van der Waals surface area contributed by atoms with Crippen LogP contribution in [0.3, 0.4) is 0 Å². The van der Waals surface area contributed by atoms with Crippen molar-refractivity contribution in [1.82, 2.24) is 18.9 Å². The molecule has 2 atom stereocenters. The molecular formula is C19H30N4O5. The van der Waals surface area contributed by atoms with E-state index in [1.165, 1.54) is 24.7 Å². The van der Waals surface area contributed by atoms with Gasteiger partial charge >= 0.3 is 5.69 Å². The monoisotopic (exact) mass is 394 g/mol. The Morgan fingerprint density at radius 1 is 1.18 bits per heavy atom. The average Bonchev–Trinajstić information content (AvgIpc) is 2.73. The second-order valence-corrected chi connectivity index (χ2v) is 7.65. The van der Waals surface area contributed by atoms with Crippen LogP contribution in [0.1, 0.15) is 29.8 Å². The van der Waals surface area contributed by atoms with Crippen molar-refractivity contribution in [2.75, 3.05) is 46.0 Å². The number of piperidine rings is 1. The van der Waals surface area contributed by atoms with E-state index in [-0.39, 0.29) is 24.1 Å². The molecule has 156 valence electrons. The Kier molecular flexibility index (Phi) is 6.69. The van der Waals surface area contributed by atoms with Crippen LogP contribution in [0.15, 0.2) is 15.7 Å². The number of aliphatic hydroxyl groups excluding tert-OH is 1. The number of hydrogen-bond acceptors (Lipinski definition) is 6. The molecule has 3 rings (SSSR count). The molecule has 2 aliphatic rings. The number of rotatable bonds is 5. The van der Waals surface area contributed by atoms with Crippen molar-refractivity contribution in [2.24, 2.45) is 20.0 Å². The van der Waals surface area contributed by atoms with Crippen LogP contribution in [0, 0.1) is 5.92 Å². The van der Waals surface area contributed by atoms with Crippen LogP contribution >= 0.6 is 0 Å². The summed E-state index contributed by atoms with van der Waals surface area (Å²) in [6.07, 6.45) is 2.36. The van der Waals surface area contributed by atoms with Crippen molar-refractivity contribution in [3.63, 3.8) is 0 Å². The summed E-state index contributed by atoms with van der Waals surface area (Å²) in [6, 6.07) is 1.59. The zero-order chi connectivity index (χ0) is 20.3. The van der Waals surface area contributed by atoms with E-state index < -0.39 is 11.2 Å². The van der Waals surface area contributed by atoms with Gasteiger partial charge in [0.05, 0.1) is 13.2 Å². The zero-order valence-electron chi connectivity index (χ0n) is 16.7. The predicted octanol–water partition coefficient (Wildman–Crippen LogP) is -0.981. The molecule has 0 bridgehead atoms. The third-order valence-electron chi connectivity index (χ3n) is 5.97. The van der Waals surface area contributed by atoms with Crippen LogP contribution in [-0.4, -0.2) is 82.0 Å². The van der Waals surface area contributed by atoms with Crippen molar-refractivity contribution in [2.45, 2.75) is 25.3 Å². The van der Waals surface area contributed by atoms with Gasteiger partial charge in [-0.15, -0.1) is 0 Å². The van der Waals surface area contributed by atoms with Gasteiger partial charge in [-0.2, -0.15) is 0 Å². The number of likely N-dealkylation sites (tertiary alicyclic amines) is 1. The third kappa shape index (κ3) is 4.21. The van der Waals surface area contributed by atoms with Gasteiger partial charge in [0.15, 0.2) is 0 Å². The highest BCUT2D eigenvalue weighted by atomic mass is 16.5. The van der Waals surface area contributed by atoms with E-state index in [4.69, 9.17) is 4.74 Å². The van der Waals surface area contributed by atoms with Crippen molar-refractivity contribution in [3.8, 4) is 0 Å². The van der Waals surface area contributed by atoms with Crippen molar-refractivity contribution >= 4 is 5.91 Å². The van der Waals surface area contributed by atoms with Gasteiger partial charge in [-0.05, 0) is 25.2 Å².